The molecule has 1 N–H and O–H groups in total. The van der Waals surface area contributed by atoms with Crippen LogP contribution in [0, 0.1) is 5.92 Å². The first kappa shape index (κ1) is 17.9. The van der Waals surface area contributed by atoms with Crippen molar-refractivity contribution in [3.05, 3.63) is 51.7 Å². The fraction of sp³-hybridized carbons (Fsp3) is 0.412. The van der Waals surface area contributed by atoms with Crippen LogP contribution in [0.15, 0.2) is 46.7 Å². The Bertz CT molecular complexity index is 755. The van der Waals surface area contributed by atoms with Crippen molar-refractivity contribution in [2.24, 2.45) is 5.92 Å². The molecule has 4 nitrogen and oxygen atoms in total. The number of hydrogen-bond acceptors (Lipinski definition) is 4. The molecule has 1 aliphatic rings. The quantitative estimate of drug-likeness (QED) is 0.827. The maximum Gasteiger partial charge on any atom is 0.240 e. The molecule has 0 radical (unpaired) electrons. The van der Waals surface area contributed by atoms with E-state index < -0.39 is 10.0 Å². The van der Waals surface area contributed by atoms with Crippen LogP contribution in [0.25, 0.3) is 0 Å². The number of benzene rings is 1. The number of nitrogens with one attached hydrogen (secondary N) is 1. The summed E-state index contributed by atoms with van der Waals surface area (Å²) < 4.78 is 27.4. The Morgan fingerprint density at radius 1 is 1.21 bits per heavy atom. The second-order valence-electron chi connectivity index (χ2n) is 6.11. The van der Waals surface area contributed by atoms with Crippen molar-refractivity contribution in [2.45, 2.75) is 24.3 Å². The molecule has 0 atom stereocenters. The molecule has 1 saturated heterocycles. The number of halogens is 1. The van der Waals surface area contributed by atoms with Gasteiger partial charge in [0.25, 0.3) is 0 Å². The van der Waals surface area contributed by atoms with Gasteiger partial charge in [0, 0.05) is 23.0 Å². The first-order chi connectivity index (χ1) is 11.5. The van der Waals surface area contributed by atoms with Gasteiger partial charge in [0.05, 0.1) is 4.90 Å². The SMILES string of the molecule is O=S(=O)(NCC1CCN(Cc2cccs2)CC1)c1cccc(Cl)c1. The topological polar surface area (TPSA) is 49.4 Å². The highest BCUT2D eigenvalue weighted by atomic mass is 35.5. The Balaban J connectivity index is 1.48. The van der Waals surface area contributed by atoms with Gasteiger partial charge >= 0.3 is 0 Å². The average molecular weight is 385 g/mol. The van der Waals surface area contributed by atoms with Gasteiger partial charge in [0.15, 0.2) is 0 Å². The lowest BCUT2D eigenvalue weighted by Gasteiger charge is -2.31. The van der Waals surface area contributed by atoms with Crippen molar-refractivity contribution >= 4 is 33.0 Å². The molecule has 130 valence electrons. The van der Waals surface area contributed by atoms with Gasteiger partial charge in [-0.2, -0.15) is 0 Å². The van der Waals surface area contributed by atoms with Crippen molar-refractivity contribution in [1.29, 1.82) is 0 Å². The summed E-state index contributed by atoms with van der Waals surface area (Å²) in [4.78, 5) is 4.05. The number of thiophene rings is 1. The summed E-state index contributed by atoms with van der Waals surface area (Å²) in [6.45, 7) is 3.52. The predicted octanol–water partition coefficient (Wildman–Crippen LogP) is 3.59. The summed E-state index contributed by atoms with van der Waals surface area (Å²) in [5, 5.41) is 2.53. The number of nitrogens with zero attached hydrogens (tertiary/aromatic N) is 1. The summed E-state index contributed by atoms with van der Waals surface area (Å²) in [5.41, 5.74) is 0. The molecule has 0 bridgehead atoms. The first-order valence-electron chi connectivity index (χ1n) is 8.03. The average Bonchev–Trinajstić information content (AvgIpc) is 3.07. The Morgan fingerprint density at radius 3 is 2.67 bits per heavy atom. The van der Waals surface area contributed by atoms with Gasteiger partial charge in [0.2, 0.25) is 10.0 Å². The van der Waals surface area contributed by atoms with Gasteiger partial charge in [-0.05, 0) is 61.5 Å². The number of hydrogen-bond donors (Lipinski definition) is 1. The van der Waals surface area contributed by atoms with Gasteiger partial charge in [-0.15, -0.1) is 11.3 Å². The third-order valence-electron chi connectivity index (χ3n) is 4.34. The van der Waals surface area contributed by atoms with Crippen molar-refractivity contribution in [2.75, 3.05) is 19.6 Å². The summed E-state index contributed by atoms with van der Waals surface area (Å²) >= 11 is 7.66. The van der Waals surface area contributed by atoms with E-state index in [1.807, 2.05) is 0 Å². The molecule has 7 heteroatoms. The van der Waals surface area contributed by atoms with Crippen LogP contribution in [0.3, 0.4) is 0 Å². The van der Waals surface area contributed by atoms with Crippen LogP contribution in [0.4, 0.5) is 0 Å². The lowest BCUT2D eigenvalue weighted by atomic mass is 9.97. The Kier molecular flexibility index (Phi) is 5.94. The molecule has 1 aliphatic heterocycles. The van der Waals surface area contributed by atoms with Crippen LogP contribution in [0.2, 0.25) is 5.02 Å². The van der Waals surface area contributed by atoms with Gasteiger partial charge in [-0.3, -0.25) is 4.90 Å². The monoisotopic (exact) mass is 384 g/mol. The molecule has 0 spiro atoms. The molecule has 1 fully saturated rings. The van der Waals surface area contributed by atoms with Crippen molar-refractivity contribution < 1.29 is 8.42 Å². The van der Waals surface area contributed by atoms with E-state index in [4.69, 9.17) is 11.6 Å². The van der Waals surface area contributed by atoms with Gasteiger partial charge in [0.1, 0.15) is 0 Å². The molecule has 1 aromatic carbocycles. The molecule has 0 aliphatic carbocycles. The highest BCUT2D eigenvalue weighted by molar-refractivity contribution is 7.89. The largest absolute Gasteiger partial charge is 0.298 e. The van der Waals surface area contributed by atoms with Crippen LogP contribution in [0.5, 0.6) is 0 Å². The van der Waals surface area contributed by atoms with Crippen LogP contribution < -0.4 is 4.72 Å². The lowest BCUT2D eigenvalue weighted by Crippen LogP contribution is -2.38. The van der Waals surface area contributed by atoms with Crippen LogP contribution in [-0.2, 0) is 16.6 Å². The Labute approximate surface area is 152 Å². The minimum atomic E-state index is -3.48. The minimum Gasteiger partial charge on any atom is -0.298 e. The minimum absolute atomic E-state index is 0.227. The molecule has 3 rings (SSSR count). The van der Waals surface area contributed by atoms with E-state index in [2.05, 4.69) is 27.1 Å². The summed E-state index contributed by atoms with van der Waals surface area (Å²) in [7, 11) is -3.48. The van der Waals surface area contributed by atoms with Crippen molar-refractivity contribution in [3.63, 3.8) is 0 Å². The molecule has 0 amide bonds. The van der Waals surface area contributed by atoms with Crippen LogP contribution in [-0.4, -0.2) is 33.0 Å². The molecule has 2 heterocycles. The first-order valence-corrected chi connectivity index (χ1v) is 10.8. The summed E-state index contributed by atoms with van der Waals surface area (Å²) in [5.74, 6) is 0.388. The van der Waals surface area contributed by atoms with Gasteiger partial charge < -0.3 is 0 Å². The van der Waals surface area contributed by atoms with E-state index in [-0.39, 0.29) is 4.90 Å². The fourth-order valence-electron chi connectivity index (χ4n) is 2.92. The standard InChI is InChI=1S/C17H21ClN2O2S2/c18-15-3-1-5-17(11-15)24(21,22)19-12-14-6-8-20(9-7-14)13-16-4-2-10-23-16/h1-5,10-11,14,19H,6-9,12-13H2. The lowest BCUT2D eigenvalue weighted by molar-refractivity contribution is 0.180. The molecule has 1 aromatic heterocycles. The van der Waals surface area contributed by atoms with E-state index in [1.165, 1.54) is 10.9 Å². The summed E-state index contributed by atoms with van der Waals surface area (Å²) in [6.07, 6.45) is 2.03. The molecule has 0 saturated carbocycles. The number of sulfonamides is 1. The second kappa shape index (κ2) is 7.97. The van der Waals surface area contributed by atoms with E-state index in [0.29, 0.717) is 17.5 Å². The zero-order valence-electron chi connectivity index (χ0n) is 13.3. The molecule has 24 heavy (non-hydrogen) atoms. The zero-order chi connectivity index (χ0) is 17.0. The fourth-order valence-corrected chi connectivity index (χ4v) is 5.08. The second-order valence-corrected chi connectivity index (χ2v) is 9.34. The van der Waals surface area contributed by atoms with Crippen LogP contribution in [0.1, 0.15) is 17.7 Å². The Hall–Kier alpha value is -0.920. The maximum atomic E-state index is 12.3. The van der Waals surface area contributed by atoms with Gasteiger partial charge in [-0.25, -0.2) is 13.1 Å². The third-order valence-corrected chi connectivity index (χ3v) is 6.85. The van der Waals surface area contributed by atoms with E-state index in [0.717, 1.165) is 32.5 Å². The number of likely N-dealkylation sites (tertiary alicyclic amines) is 1. The van der Waals surface area contributed by atoms with E-state index in [1.54, 1.807) is 29.5 Å². The summed E-state index contributed by atoms with van der Waals surface area (Å²) in [6, 6.07) is 10.6. The van der Waals surface area contributed by atoms with E-state index in [9.17, 15) is 8.42 Å². The van der Waals surface area contributed by atoms with Crippen molar-refractivity contribution in [1.82, 2.24) is 9.62 Å². The van der Waals surface area contributed by atoms with Crippen LogP contribution >= 0.6 is 22.9 Å². The van der Waals surface area contributed by atoms with E-state index >= 15 is 0 Å². The smallest absolute Gasteiger partial charge is 0.240 e. The molecule has 0 unspecified atom stereocenters. The molecule has 2 aromatic rings. The zero-order valence-corrected chi connectivity index (χ0v) is 15.7. The maximum absolute atomic E-state index is 12.3. The molecular weight excluding hydrogens is 364 g/mol. The normalized spacial score (nSPS) is 17.2. The Morgan fingerprint density at radius 2 is 2.00 bits per heavy atom. The number of piperidine rings is 1. The highest BCUT2D eigenvalue weighted by Crippen LogP contribution is 2.21. The number of rotatable bonds is 6. The molecular formula is C17H21ClN2O2S2. The predicted molar refractivity (Wildman–Crippen MR) is 99.0 cm³/mol. The van der Waals surface area contributed by atoms with Crippen molar-refractivity contribution in [3.8, 4) is 0 Å². The van der Waals surface area contributed by atoms with Gasteiger partial charge in [-0.1, -0.05) is 23.7 Å². The highest BCUT2D eigenvalue weighted by Gasteiger charge is 2.22. The third kappa shape index (κ3) is 4.80.